The van der Waals surface area contributed by atoms with E-state index in [9.17, 15) is 9.90 Å². The van der Waals surface area contributed by atoms with Crippen molar-refractivity contribution < 1.29 is 9.90 Å². The van der Waals surface area contributed by atoms with Gasteiger partial charge in [0, 0.05) is 12.6 Å². The molecule has 4 nitrogen and oxygen atoms in total. The molecule has 0 fully saturated rings. The second-order valence-corrected chi connectivity index (χ2v) is 5.07. The monoisotopic (exact) mass is 272 g/mol. The van der Waals surface area contributed by atoms with Crippen LogP contribution in [0.15, 0.2) is 42.5 Å². The lowest BCUT2D eigenvalue weighted by molar-refractivity contribution is -0.120. The molecule has 1 amide bonds. The molecule has 0 bridgehead atoms. The number of carbonyl (C=O) groups excluding carboxylic acids is 1. The summed E-state index contributed by atoms with van der Waals surface area (Å²) < 4.78 is 0. The Balaban J connectivity index is 1.96. The summed E-state index contributed by atoms with van der Waals surface area (Å²) in [5.74, 6) is -0.0867. The number of nitrogens with one attached hydrogen (secondary N) is 1. The lowest BCUT2D eigenvalue weighted by atomic mass is 10.0. The summed E-state index contributed by atoms with van der Waals surface area (Å²) in [5, 5.41) is 14.3. The third-order valence-corrected chi connectivity index (χ3v) is 3.33. The van der Waals surface area contributed by atoms with Crippen LogP contribution in [0.3, 0.4) is 0 Å². The van der Waals surface area contributed by atoms with Crippen molar-refractivity contribution in [1.82, 2.24) is 5.32 Å². The predicted octanol–water partition coefficient (Wildman–Crippen LogP) is 1.21. The number of aliphatic hydroxyl groups excluding tert-OH is 1. The van der Waals surface area contributed by atoms with Crippen LogP contribution in [0.1, 0.15) is 12.5 Å². The first-order valence-electron chi connectivity index (χ1n) is 6.74. The molecule has 4 heteroatoms. The quantitative estimate of drug-likeness (QED) is 0.765. The van der Waals surface area contributed by atoms with E-state index in [0.717, 1.165) is 16.3 Å². The predicted molar refractivity (Wildman–Crippen MR) is 80.3 cm³/mol. The summed E-state index contributed by atoms with van der Waals surface area (Å²) in [6.45, 7) is 1.89. The minimum atomic E-state index is -0.629. The zero-order valence-electron chi connectivity index (χ0n) is 11.5. The van der Waals surface area contributed by atoms with Crippen molar-refractivity contribution >= 4 is 16.7 Å². The number of aliphatic hydroxyl groups is 1. The van der Waals surface area contributed by atoms with E-state index in [-0.39, 0.29) is 12.5 Å². The van der Waals surface area contributed by atoms with Crippen LogP contribution >= 0.6 is 0 Å². The van der Waals surface area contributed by atoms with Crippen molar-refractivity contribution in [2.24, 2.45) is 5.73 Å². The largest absolute Gasteiger partial charge is 0.392 e. The number of rotatable bonds is 5. The summed E-state index contributed by atoms with van der Waals surface area (Å²) >= 11 is 0. The van der Waals surface area contributed by atoms with E-state index in [1.54, 1.807) is 6.92 Å². The van der Waals surface area contributed by atoms with E-state index in [1.807, 2.05) is 42.5 Å². The molecule has 0 aromatic heterocycles. The molecule has 106 valence electrons. The van der Waals surface area contributed by atoms with E-state index in [4.69, 9.17) is 5.73 Å². The number of benzene rings is 2. The lowest BCUT2D eigenvalue weighted by Gasteiger charge is -2.15. The molecule has 0 aliphatic heterocycles. The molecule has 0 spiro atoms. The highest BCUT2D eigenvalue weighted by molar-refractivity contribution is 5.85. The van der Waals surface area contributed by atoms with E-state index >= 15 is 0 Å². The minimum Gasteiger partial charge on any atom is -0.392 e. The van der Waals surface area contributed by atoms with Crippen LogP contribution in [0, 0.1) is 0 Å². The Morgan fingerprint density at radius 3 is 2.65 bits per heavy atom. The van der Waals surface area contributed by atoms with E-state index < -0.39 is 12.1 Å². The molecule has 0 aliphatic rings. The highest BCUT2D eigenvalue weighted by Crippen LogP contribution is 2.15. The first-order valence-corrected chi connectivity index (χ1v) is 6.74. The van der Waals surface area contributed by atoms with Crippen LogP contribution < -0.4 is 11.1 Å². The molecule has 2 rings (SSSR count). The third kappa shape index (κ3) is 3.79. The minimum absolute atomic E-state index is 0.0867. The fourth-order valence-electron chi connectivity index (χ4n) is 2.00. The maximum Gasteiger partial charge on any atom is 0.224 e. The summed E-state index contributed by atoms with van der Waals surface area (Å²) in [6, 6.07) is 13.6. The van der Waals surface area contributed by atoms with Crippen molar-refractivity contribution in [1.29, 1.82) is 0 Å². The second-order valence-electron chi connectivity index (χ2n) is 5.07. The number of amides is 1. The Bertz CT molecular complexity index is 596. The topological polar surface area (TPSA) is 75.3 Å². The molecule has 0 aliphatic carbocycles. The van der Waals surface area contributed by atoms with Crippen LogP contribution in [0.4, 0.5) is 0 Å². The molecule has 2 atom stereocenters. The van der Waals surface area contributed by atoms with Gasteiger partial charge >= 0.3 is 0 Å². The molecular weight excluding hydrogens is 252 g/mol. The molecule has 2 aromatic rings. The van der Waals surface area contributed by atoms with Gasteiger partial charge < -0.3 is 16.2 Å². The first kappa shape index (κ1) is 14.5. The van der Waals surface area contributed by atoms with Gasteiger partial charge in [0.1, 0.15) is 0 Å². The standard InChI is InChI=1S/C16H20N2O2/c1-11(19)15(17)10-18-16(20)9-12-6-7-13-4-2-3-5-14(13)8-12/h2-8,11,15,19H,9-10,17H2,1H3,(H,18,20). The van der Waals surface area contributed by atoms with E-state index in [2.05, 4.69) is 5.32 Å². The molecular formula is C16H20N2O2. The first-order chi connectivity index (χ1) is 9.56. The van der Waals surface area contributed by atoms with Gasteiger partial charge in [-0.15, -0.1) is 0 Å². The van der Waals surface area contributed by atoms with Crippen molar-refractivity contribution in [3.8, 4) is 0 Å². The smallest absolute Gasteiger partial charge is 0.224 e. The summed E-state index contributed by atoms with van der Waals surface area (Å²) in [7, 11) is 0. The molecule has 2 unspecified atom stereocenters. The average Bonchev–Trinajstić information content (AvgIpc) is 2.44. The Kier molecular flexibility index (Phi) is 4.71. The highest BCUT2D eigenvalue weighted by Gasteiger charge is 2.11. The van der Waals surface area contributed by atoms with Gasteiger partial charge in [-0.05, 0) is 23.3 Å². The molecule has 20 heavy (non-hydrogen) atoms. The summed E-state index contributed by atoms with van der Waals surface area (Å²) in [5.41, 5.74) is 6.63. The maximum atomic E-state index is 11.8. The van der Waals surface area contributed by atoms with Gasteiger partial charge in [-0.1, -0.05) is 42.5 Å². The molecule has 0 radical (unpaired) electrons. The zero-order chi connectivity index (χ0) is 14.5. The number of hydrogen-bond acceptors (Lipinski definition) is 3. The zero-order valence-corrected chi connectivity index (χ0v) is 11.5. The molecule has 0 heterocycles. The molecule has 2 aromatic carbocycles. The lowest BCUT2D eigenvalue weighted by Crippen LogP contribution is -2.44. The Hall–Kier alpha value is -1.91. The van der Waals surface area contributed by atoms with Crippen LogP contribution in [0.5, 0.6) is 0 Å². The molecule has 0 saturated heterocycles. The molecule has 0 saturated carbocycles. The number of nitrogens with two attached hydrogens (primary N) is 1. The number of fused-ring (bicyclic) bond motifs is 1. The summed E-state index contributed by atoms with van der Waals surface area (Å²) in [4.78, 5) is 11.8. The Morgan fingerprint density at radius 2 is 1.95 bits per heavy atom. The maximum absolute atomic E-state index is 11.8. The summed E-state index contributed by atoms with van der Waals surface area (Å²) in [6.07, 6.45) is -0.312. The van der Waals surface area contributed by atoms with Crippen molar-refractivity contribution in [3.63, 3.8) is 0 Å². The SMILES string of the molecule is CC(O)C(N)CNC(=O)Cc1ccc2ccccc2c1. The highest BCUT2D eigenvalue weighted by atomic mass is 16.3. The molecule has 4 N–H and O–H groups in total. The van der Waals surface area contributed by atoms with Crippen LogP contribution in [0.2, 0.25) is 0 Å². The number of hydrogen-bond donors (Lipinski definition) is 3. The van der Waals surface area contributed by atoms with Crippen LogP contribution in [-0.2, 0) is 11.2 Å². The van der Waals surface area contributed by atoms with Gasteiger partial charge in [0.25, 0.3) is 0 Å². The van der Waals surface area contributed by atoms with Crippen molar-refractivity contribution in [2.45, 2.75) is 25.5 Å². The van der Waals surface area contributed by atoms with Gasteiger partial charge in [0.05, 0.1) is 12.5 Å². The Morgan fingerprint density at radius 1 is 1.25 bits per heavy atom. The second kappa shape index (κ2) is 6.50. The fraction of sp³-hybridized carbons (Fsp3) is 0.312. The van der Waals surface area contributed by atoms with Gasteiger partial charge in [-0.25, -0.2) is 0 Å². The van der Waals surface area contributed by atoms with E-state index in [0.29, 0.717) is 6.42 Å². The van der Waals surface area contributed by atoms with Crippen molar-refractivity contribution in [3.05, 3.63) is 48.0 Å². The van der Waals surface area contributed by atoms with Gasteiger partial charge in [0.15, 0.2) is 0 Å². The third-order valence-electron chi connectivity index (χ3n) is 3.33. The van der Waals surface area contributed by atoms with E-state index in [1.165, 1.54) is 0 Å². The normalized spacial score (nSPS) is 13.9. The van der Waals surface area contributed by atoms with Crippen molar-refractivity contribution in [2.75, 3.05) is 6.54 Å². The van der Waals surface area contributed by atoms with Crippen LogP contribution in [-0.4, -0.2) is 29.7 Å². The van der Waals surface area contributed by atoms with Gasteiger partial charge in [0.2, 0.25) is 5.91 Å². The fourth-order valence-corrected chi connectivity index (χ4v) is 2.00. The number of carbonyl (C=O) groups is 1. The van der Waals surface area contributed by atoms with Gasteiger partial charge in [-0.2, -0.15) is 0 Å². The Labute approximate surface area is 118 Å². The van der Waals surface area contributed by atoms with Crippen LogP contribution in [0.25, 0.3) is 10.8 Å². The van der Waals surface area contributed by atoms with Gasteiger partial charge in [-0.3, -0.25) is 4.79 Å². The average molecular weight is 272 g/mol.